The molecule has 172 valence electrons. The van der Waals surface area contributed by atoms with E-state index in [4.69, 9.17) is 19.9 Å². The Bertz CT molecular complexity index is 1220. The number of nitrogens with zero attached hydrogens (tertiary/aromatic N) is 1. The Kier molecular flexibility index (Phi) is 7.70. The molecule has 3 N–H and O–H groups in total. The first-order valence-electron chi connectivity index (χ1n) is 9.73. The predicted octanol–water partition coefficient (Wildman–Crippen LogP) is 2.30. The second-order valence-electron chi connectivity index (χ2n) is 6.77. The number of hydrogen-bond donors (Lipinski definition) is 2. The summed E-state index contributed by atoms with van der Waals surface area (Å²) in [6.07, 6.45) is 0. The van der Waals surface area contributed by atoms with Crippen LogP contribution >= 0.6 is 11.3 Å². The Morgan fingerprint density at radius 3 is 2.52 bits per heavy atom. The molecule has 0 unspecified atom stereocenters. The van der Waals surface area contributed by atoms with Gasteiger partial charge < -0.3 is 25.3 Å². The minimum atomic E-state index is -0.782. The van der Waals surface area contributed by atoms with Crippen LogP contribution < -0.4 is 11.1 Å². The lowest BCUT2D eigenvalue weighted by atomic mass is 10.1. The molecule has 33 heavy (non-hydrogen) atoms. The van der Waals surface area contributed by atoms with Crippen LogP contribution in [-0.4, -0.2) is 55.7 Å². The molecule has 0 spiro atoms. The van der Waals surface area contributed by atoms with E-state index in [9.17, 15) is 19.2 Å². The highest BCUT2D eigenvalue weighted by Crippen LogP contribution is 2.33. The molecule has 2 heterocycles. The number of amides is 2. The maximum atomic E-state index is 12.5. The van der Waals surface area contributed by atoms with E-state index in [0.717, 1.165) is 16.7 Å². The molecule has 0 aliphatic heterocycles. The van der Waals surface area contributed by atoms with Gasteiger partial charge in [0.05, 0.1) is 22.6 Å². The van der Waals surface area contributed by atoms with Crippen LogP contribution in [0, 0.1) is 6.92 Å². The van der Waals surface area contributed by atoms with Crippen LogP contribution in [0.2, 0.25) is 0 Å². The summed E-state index contributed by atoms with van der Waals surface area (Å²) in [6.45, 7) is 1.05. The summed E-state index contributed by atoms with van der Waals surface area (Å²) in [4.78, 5) is 53.2. The van der Waals surface area contributed by atoms with E-state index in [1.54, 1.807) is 18.2 Å². The monoisotopic (exact) mass is 471 g/mol. The Balaban J connectivity index is 1.69. The Hall–Kier alpha value is -3.83. The van der Waals surface area contributed by atoms with Gasteiger partial charge >= 0.3 is 11.9 Å². The molecule has 0 aliphatic carbocycles. The summed E-state index contributed by atoms with van der Waals surface area (Å²) in [5.41, 5.74) is 6.30. The van der Waals surface area contributed by atoms with E-state index in [-0.39, 0.29) is 39.9 Å². The summed E-state index contributed by atoms with van der Waals surface area (Å²) < 4.78 is 15.0. The van der Waals surface area contributed by atoms with E-state index in [0.29, 0.717) is 5.52 Å². The molecule has 0 radical (unpaired) electrons. The van der Waals surface area contributed by atoms with E-state index >= 15 is 0 Å². The third-order valence-electron chi connectivity index (χ3n) is 4.49. The van der Waals surface area contributed by atoms with Crippen LogP contribution in [-0.2, 0) is 19.0 Å². The molecule has 0 fully saturated rings. The van der Waals surface area contributed by atoms with Crippen molar-refractivity contribution in [3.8, 4) is 0 Å². The zero-order chi connectivity index (χ0) is 24.0. The number of benzene rings is 1. The molecule has 2 amide bonds. The van der Waals surface area contributed by atoms with Crippen molar-refractivity contribution in [3.05, 3.63) is 58.1 Å². The number of para-hydroxylation sites is 1. The third-order valence-corrected chi connectivity index (χ3v) is 5.71. The smallest absolute Gasteiger partial charge is 0.357 e. The van der Waals surface area contributed by atoms with Gasteiger partial charge in [-0.1, -0.05) is 24.3 Å². The molecule has 0 aliphatic rings. The quantitative estimate of drug-likeness (QED) is 0.357. The summed E-state index contributed by atoms with van der Waals surface area (Å²) in [5.74, 6) is -3.00. The zero-order valence-electron chi connectivity index (χ0n) is 17.9. The fraction of sp³-hybridized carbons (Fsp3) is 0.227. The number of primary amides is 1. The fourth-order valence-corrected chi connectivity index (χ4v) is 3.98. The lowest BCUT2D eigenvalue weighted by Crippen LogP contribution is -2.22. The van der Waals surface area contributed by atoms with Crippen molar-refractivity contribution in [3.63, 3.8) is 0 Å². The molecule has 2 aromatic heterocycles. The Morgan fingerprint density at radius 2 is 1.79 bits per heavy atom. The van der Waals surface area contributed by atoms with Crippen molar-refractivity contribution < 1.29 is 33.4 Å². The highest BCUT2D eigenvalue weighted by atomic mass is 32.1. The van der Waals surface area contributed by atoms with Crippen LogP contribution in [0.5, 0.6) is 0 Å². The van der Waals surface area contributed by atoms with E-state index in [1.807, 2.05) is 12.1 Å². The number of anilines is 1. The Labute approximate surface area is 192 Å². The number of esters is 2. The van der Waals surface area contributed by atoms with Gasteiger partial charge in [-0.05, 0) is 24.6 Å². The lowest BCUT2D eigenvalue weighted by molar-refractivity contribution is -0.119. The largest absolute Gasteiger partial charge is 0.460 e. The second kappa shape index (κ2) is 10.7. The number of aromatic nitrogens is 1. The minimum Gasteiger partial charge on any atom is -0.460 e. The maximum absolute atomic E-state index is 12.5. The van der Waals surface area contributed by atoms with E-state index in [2.05, 4.69) is 10.3 Å². The van der Waals surface area contributed by atoms with Gasteiger partial charge in [0.15, 0.2) is 6.61 Å². The highest BCUT2D eigenvalue weighted by molar-refractivity contribution is 7.18. The molecule has 3 rings (SSSR count). The van der Waals surface area contributed by atoms with Crippen molar-refractivity contribution in [1.82, 2.24) is 4.98 Å². The van der Waals surface area contributed by atoms with Crippen LogP contribution in [0.25, 0.3) is 10.9 Å². The normalized spacial score (nSPS) is 10.6. The number of nitrogens with one attached hydrogen (secondary N) is 1. The number of carbonyl (C=O) groups is 4. The molecule has 10 nitrogen and oxygen atoms in total. The summed E-state index contributed by atoms with van der Waals surface area (Å²) in [6, 6.07) is 10.5. The number of hydrogen-bond acceptors (Lipinski definition) is 9. The first-order valence-corrected chi connectivity index (χ1v) is 10.6. The van der Waals surface area contributed by atoms with Crippen molar-refractivity contribution in [2.45, 2.75) is 6.92 Å². The number of ether oxygens (including phenoxy) is 3. The van der Waals surface area contributed by atoms with E-state index < -0.39 is 30.4 Å². The average Bonchev–Trinajstić information content (AvgIpc) is 3.13. The van der Waals surface area contributed by atoms with Gasteiger partial charge in [-0.2, -0.15) is 0 Å². The van der Waals surface area contributed by atoms with Gasteiger partial charge in [0.25, 0.3) is 11.8 Å². The van der Waals surface area contributed by atoms with Crippen molar-refractivity contribution >= 4 is 51.0 Å². The molecule has 0 saturated heterocycles. The highest BCUT2D eigenvalue weighted by Gasteiger charge is 2.26. The summed E-state index contributed by atoms with van der Waals surface area (Å²) in [7, 11) is 1.45. The van der Waals surface area contributed by atoms with Gasteiger partial charge in [-0.25, -0.2) is 14.6 Å². The van der Waals surface area contributed by atoms with Crippen LogP contribution in [0.3, 0.4) is 0 Å². The number of fused-ring (bicyclic) bond motifs is 1. The molecule has 1 aromatic carbocycles. The number of carbonyl (C=O) groups excluding carboxylic acids is 4. The molecule has 0 bridgehead atoms. The number of rotatable bonds is 9. The van der Waals surface area contributed by atoms with Gasteiger partial charge in [-0.3, -0.25) is 9.59 Å². The van der Waals surface area contributed by atoms with Crippen LogP contribution in [0.15, 0.2) is 36.4 Å². The van der Waals surface area contributed by atoms with Crippen molar-refractivity contribution in [2.24, 2.45) is 5.73 Å². The molecule has 11 heteroatoms. The number of pyridine rings is 1. The van der Waals surface area contributed by atoms with Gasteiger partial charge in [0.2, 0.25) is 0 Å². The standard InChI is InChI=1S/C22H21N3O7S/c1-12-17(22(29)31-10-9-30-2)20(33-18(12)19(23)27)25-16(26)11-32-21(28)15-8-7-13-5-3-4-6-14(13)24-15/h3-8H,9-11H2,1-2H3,(H2,23,27)(H,25,26). The molecule has 0 atom stereocenters. The first-order chi connectivity index (χ1) is 15.8. The second-order valence-corrected chi connectivity index (χ2v) is 7.79. The molecular weight excluding hydrogens is 450 g/mol. The number of nitrogens with two attached hydrogens (primary N) is 1. The SMILES string of the molecule is COCCOC(=O)c1c(NC(=O)COC(=O)c2ccc3ccccc3n2)sc(C(N)=O)c1C. The van der Waals surface area contributed by atoms with E-state index in [1.165, 1.54) is 20.1 Å². The average molecular weight is 471 g/mol. The molecular formula is C22H21N3O7S. The number of methoxy groups -OCH3 is 1. The predicted molar refractivity (Wildman–Crippen MR) is 120 cm³/mol. The number of thiophene rings is 1. The van der Waals surface area contributed by atoms with Crippen molar-refractivity contribution in [1.29, 1.82) is 0 Å². The zero-order valence-corrected chi connectivity index (χ0v) is 18.7. The molecule has 3 aromatic rings. The van der Waals surface area contributed by atoms with Gasteiger partial charge in [0.1, 0.15) is 17.3 Å². The maximum Gasteiger partial charge on any atom is 0.357 e. The molecule has 0 saturated carbocycles. The minimum absolute atomic E-state index is 0.000718. The van der Waals surface area contributed by atoms with Crippen LogP contribution in [0.4, 0.5) is 5.00 Å². The first kappa shape index (κ1) is 23.8. The Morgan fingerprint density at radius 1 is 1.03 bits per heavy atom. The topological polar surface area (TPSA) is 147 Å². The fourth-order valence-electron chi connectivity index (χ4n) is 2.92. The summed E-state index contributed by atoms with van der Waals surface area (Å²) >= 11 is 0.831. The van der Waals surface area contributed by atoms with Gasteiger partial charge in [-0.15, -0.1) is 11.3 Å². The summed E-state index contributed by atoms with van der Waals surface area (Å²) in [5, 5.41) is 3.40. The van der Waals surface area contributed by atoms with Gasteiger partial charge in [0, 0.05) is 12.5 Å². The third kappa shape index (κ3) is 5.70. The van der Waals surface area contributed by atoms with Crippen molar-refractivity contribution in [2.75, 3.05) is 32.2 Å². The lowest BCUT2D eigenvalue weighted by Gasteiger charge is -2.09. The van der Waals surface area contributed by atoms with Crippen LogP contribution in [0.1, 0.15) is 36.1 Å².